The van der Waals surface area contributed by atoms with Gasteiger partial charge in [-0.2, -0.15) is 21.7 Å². The van der Waals surface area contributed by atoms with Gasteiger partial charge in [-0.25, -0.2) is 0 Å². The third-order valence-electron chi connectivity index (χ3n) is 2.15. The van der Waals surface area contributed by atoms with E-state index in [1.54, 1.807) is 16.0 Å². The molecule has 0 saturated heterocycles. The van der Waals surface area contributed by atoms with Crippen LogP contribution in [0.3, 0.4) is 0 Å². The number of rotatable bonds is 3. The minimum atomic E-state index is 0.357. The standard InChI is InChI=1S/C12H9N3S/c1-2-6-15-8-10(3-5-13)12(14-15)11-4-7-16-9-11/h1,4,7-9H,3,6H2. The highest BCUT2D eigenvalue weighted by Crippen LogP contribution is 2.24. The fourth-order valence-electron chi connectivity index (χ4n) is 1.49. The maximum atomic E-state index is 8.76. The summed E-state index contributed by atoms with van der Waals surface area (Å²) in [6, 6.07) is 4.13. The zero-order valence-electron chi connectivity index (χ0n) is 8.55. The molecule has 2 aromatic heterocycles. The van der Waals surface area contributed by atoms with Crippen molar-refractivity contribution >= 4 is 11.3 Å². The van der Waals surface area contributed by atoms with Crippen LogP contribution in [-0.2, 0) is 13.0 Å². The molecule has 0 atom stereocenters. The molecule has 16 heavy (non-hydrogen) atoms. The molecule has 0 amide bonds. The molecule has 78 valence electrons. The average Bonchev–Trinajstić information content (AvgIpc) is 2.87. The zero-order valence-corrected chi connectivity index (χ0v) is 9.37. The van der Waals surface area contributed by atoms with Crippen LogP contribution in [0.25, 0.3) is 11.3 Å². The van der Waals surface area contributed by atoms with E-state index in [1.807, 2.05) is 23.0 Å². The van der Waals surface area contributed by atoms with Crippen molar-refractivity contribution < 1.29 is 0 Å². The Hall–Kier alpha value is -2.04. The van der Waals surface area contributed by atoms with Crippen LogP contribution in [0.2, 0.25) is 0 Å². The van der Waals surface area contributed by atoms with Crippen molar-refractivity contribution in [3.05, 3.63) is 28.6 Å². The molecule has 0 N–H and O–H groups in total. The zero-order chi connectivity index (χ0) is 11.4. The Morgan fingerprint density at radius 3 is 3.06 bits per heavy atom. The molecule has 0 aliphatic heterocycles. The van der Waals surface area contributed by atoms with Gasteiger partial charge in [-0.1, -0.05) is 5.92 Å². The monoisotopic (exact) mass is 227 g/mol. The van der Waals surface area contributed by atoms with E-state index in [4.69, 9.17) is 11.7 Å². The van der Waals surface area contributed by atoms with E-state index in [2.05, 4.69) is 17.1 Å². The van der Waals surface area contributed by atoms with Crippen LogP contribution >= 0.6 is 11.3 Å². The lowest BCUT2D eigenvalue weighted by atomic mass is 10.1. The Bertz CT molecular complexity index is 552. The van der Waals surface area contributed by atoms with Gasteiger partial charge in [-0.05, 0) is 11.4 Å². The van der Waals surface area contributed by atoms with Crippen molar-refractivity contribution in [1.82, 2.24) is 9.78 Å². The van der Waals surface area contributed by atoms with Gasteiger partial charge in [-0.15, -0.1) is 6.42 Å². The lowest BCUT2D eigenvalue weighted by molar-refractivity contribution is 0.718. The first-order valence-electron chi connectivity index (χ1n) is 4.74. The molecule has 0 radical (unpaired) electrons. The van der Waals surface area contributed by atoms with Crippen molar-refractivity contribution in [1.29, 1.82) is 5.26 Å². The molecule has 2 aromatic rings. The van der Waals surface area contributed by atoms with Crippen LogP contribution in [0.4, 0.5) is 0 Å². The second kappa shape index (κ2) is 4.65. The van der Waals surface area contributed by atoms with Crippen LogP contribution in [0.5, 0.6) is 0 Å². The minimum Gasteiger partial charge on any atom is -0.260 e. The number of hydrogen-bond acceptors (Lipinski definition) is 3. The van der Waals surface area contributed by atoms with E-state index in [0.29, 0.717) is 13.0 Å². The number of terminal acetylenes is 1. The first-order chi connectivity index (χ1) is 7.85. The number of nitriles is 1. The summed E-state index contributed by atoms with van der Waals surface area (Å²) in [5, 5.41) is 17.2. The molecule has 0 fully saturated rings. The van der Waals surface area contributed by atoms with Crippen LogP contribution in [0.1, 0.15) is 5.56 Å². The molecule has 0 bridgehead atoms. The van der Waals surface area contributed by atoms with Gasteiger partial charge in [0, 0.05) is 22.7 Å². The van der Waals surface area contributed by atoms with Gasteiger partial charge in [0.15, 0.2) is 0 Å². The van der Waals surface area contributed by atoms with Gasteiger partial charge in [0.2, 0.25) is 0 Å². The summed E-state index contributed by atoms with van der Waals surface area (Å²) in [6.45, 7) is 0.433. The topological polar surface area (TPSA) is 41.6 Å². The van der Waals surface area contributed by atoms with Gasteiger partial charge < -0.3 is 0 Å². The molecule has 4 heteroatoms. The Labute approximate surface area is 98.0 Å². The normalized spacial score (nSPS) is 9.62. The maximum Gasteiger partial charge on any atom is 0.101 e. The molecule has 2 heterocycles. The second-order valence-corrected chi connectivity index (χ2v) is 4.03. The molecular weight excluding hydrogens is 218 g/mol. The molecule has 0 aliphatic carbocycles. The van der Waals surface area contributed by atoms with Gasteiger partial charge in [0.1, 0.15) is 6.54 Å². The van der Waals surface area contributed by atoms with Crippen molar-refractivity contribution in [2.75, 3.05) is 0 Å². The summed E-state index contributed by atoms with van der Waals surface area (Å²) >= 11 is 1.61. The lowest BCUT2D eigenvalue weighted by Gasteiger charge is -1.93. The summed E-state index contributed by atoms with van der Waals surface area (Å²) in [5.74, 6) is 2.53. The highest BCUT2D eigenvalue weighted by Gasteiger charge is 2.10. The summed E-state index contributed by atoms with van der Waals surface area (Å²) in [4.78, 5) is 0. The SMILES string of the molecule is C#CCn1cc(CC#N)c(-c2ccsc2)n1. The largest absolute Gasteiger partial charge is 0.260 e. The predicted octanol–water partition coefficient (Wildman–Crippen LogP) is 2.31. The van der Waals surface area contributed by atoms with Crippen molar-refractivity contribution in [3.63, 3.8) is 0 Å². The van der Waals surface area contributed by atoms with Crippen LogP contribution < -0.4 is 0 Å². The Balaban J connectivity index is 2.43. The summed E-state index contributed by atoms with van der Waals surface area (Å²) < 4.78 is 1.69. The first kappa shape index (κ1) is 10.5. The Morgan fingerprint density at radius 2 is 2.44 bits per heavy atom. The molecule has 3 nitrogen and oxygen atoms in total. The Morgan fingerprint density at radius 1 is 1.56 bits per heavy atom. The number of thiophene rings is 1. The third kappa shape index (κ3) is 1.98. The summed E-state index contributed by atoms with van der Waals surface area (Å²) in [6.07, 6.45) is 7.44. The van der Waals surface area contributed by atoms with Crippen LogP contribution in [-0.4, -0.2) is 9.78 Å². The second-order valence-electron chi connectivity index (χ2n) is 3.25. The maximum absolute atomic E-state index is 8.76. The summed E-state index contributed by atoms with van der Waals surface area (Å²) in [7, 11) is 0. The van der Waals surface area contributed by atoms with E-state index in [0.717, 1.165) is 16.8 Å². The van der Waals surface area contributed by atoms with Crippen LogP contribution in [0.15, 0.2) is 23.0 Å². The van der Waals surface area contributed by atoms with E-state index < -0.39 is 0 Å². The third-order valence-corrected chi connectivity index (χ3v) is 2.84. The predicted molar refractivity (Wildman–Crippen MR) is 63.7 cm³/mol. The highest BCUT2D eigenvalue weighted by molar-refractivity contribution is 7.08. The Kier molecular flexibility index (Phi) is 3.05. The van der Waals surface area contributed by atoms with E-state index in [9.17, 15) is 0 Å². The fourth-order valence-corrected chi connectivity index (χ4v) is 2.13. The van der Waals surface area contributed by atoms with E-state index >= 15 is 0 Å². The molecular formula is C12H9N3S. The van der Waals surface area contributed by atoms with Crippen molar-refractivity contribution in [3.8, 4) is 29.7 Å². The van der Waals surface area contributed by atoms with Crippen molar-refractivity contribution in [2.45, 2.75) is 13.0 Å². The average molecular weight is 227 g/mol. The molecule has 0 unspecified atom stereocenters. The van der Waals surface area contributed by atoms with Gasteiger partial charge in [0.25, 0.3) is 0 Å². The molecule has 2 rings (SSSR count). The fraction of sp³-hybridized carbons (Fsp3) is 0.167. The van der Waals surface area contributed by atoms with E-state index in [-0.39, 0.29) is 0 Å². The van der Waals surface area contributed by atoms with E-state index in [1.165, 1.54) is 0 Å². The molecule has 0 saturated carbocycles. The number of nitrogens with zero attached hydrogens (tertiary/aromatic N) is 3. The highest BCUT2D eigenvalue weighted by atomic mass is 32.1. The molecule has 0 spiro atoms. The minimum absolute atomic E-state index is 0.357. The summed E-state index contributed by atoms with van der Waals surface area (Å²) in [5.41, 5.74) is 2.83. The number of aromatic nitrogens is 2. The van der Waals surface area contributed by atoms with Gasteiger partial charge >= 0.3 is 0 Å². The number of hydrogen-bond donors (Lipinski definition) is 0. The van der Waals surface area contributed by atoms with Crippen LogP contribution in [0, 0.1) is 23.7 Å². The smallest absolute Gasteiger partial charge is 0.101 e. The molecule has 0 aromatic carbocycles. The lowest BCUT2D eigenvalue weighted by Crippen LogP contribution is -1.95. The van der Waals surface area contributed by atoms with Gasteiger partial charge in [-0.3, -0.25) is 4.68 Å². The first-order valence-corrected chi connectivity index (χ1v) is 5.68. The molecule has 0 aliphatic rings. The quantitative estimate of drug-likeness (QED) is 0.755. The van der Waals surface area contributed by atoms with Crippen molar-refractivity contribution in [2.24, 2.45) is 0 Å². The van der Waals surface area contributed by atoms with Gasteiger partial charge in [0.05, 0.1) is 18.2 Å².